The van der Waals surface area contributed by atoms with Gasteiger partial charge < -0.3 is 20.4 Å². The topological polar surface area (TPSA) is 66.3 Å². The number of fused-ring (bicyclic) bond motifs is 1. The van der Waals surface area contributed by atoms with E-state index >= 15 is 0 Å². The Kier molecular flexibility index (Phi) is 8.54. The molecule has 0 unspecified atom stereocenters. The second-order valence-corrected chi connectivity index (χ2v) is 9.63. The van der Waals surface area contributed by atoms with Gasteiger partial charge in [-0.05, 0) is 62.1 Å². The zero-order valence-electron chi connectivity index (χ0n) is 21.5. The van der Waals surface area contributed by atoms with Gasteiger partial charge >= 0.3 is 0 Å². The minimum atomic E-state index is 0.657. The number of benzene rings is 1. The molecule has 0 radical (unpaired) electrons. The lowest BCUT2D eigenvalue weighted by atomic mass is 10.1. The van der Waals surface area contributed by atoms with Gasteiger partial charge in [0.25, 0.3) is 5.82 Å². The Morgan fingerprint density at radius 2 is 1.94 bits per heavy atom. The number of aromatic amines is 1. The SMILES string of the molecule is CCN(CC)CCNC(=S)Nc1ccc2nc(N3CCN(Cc4[nH]cc[n+]4C)CC3)cc(C)c2c1. The molecule has 1 aliphatic heterocycles. The van der Waals surface area contributed by atoms with Gasteiger partial charge in [0.15, 0.2) is 5.11 Å². The number of likely N-dealkylation sites (N-methyl/N-ethyl adjacent to an activating group) is 1. The number of pyridine rings is 1. The van der Waals surface area contributed by atoms with Crippen LogP contribution >= 0.6 is 12.2 Å². The highest BCUT2D eigenvalue weighted by molar-refractivity contribution is 7.80. The molecule has 0 amide bonds. The van der Waals surface area contributed by atoms with Crippen LogP contribution < -0.4 is 20.1 Å². The van der Waals surface area contributed by atoms with Gasteiger partial charge in [0, 0.05) is 50.3 Å². The van der Waals surface area contributed by atoms with Crippen LogP contribution in [0.2, 0.25) is 0 Å². The molecule has 0 atom stereocenters. The minimum Gasteiger partial charge on any atom is -0.361 e. The molecule has 3 heterocycles. The standard InChI is InChI=1S/C26H38N8S/c1-5-32(6-2)12-10-28-26(35)29-21-7-8-23-22(18-21)20(3)17-24(30-23)34-15-13-33(14-16-34)19-25-27-9-11-31(25)4/h7-9,11,17-18H,5-6,10,12-16,19H2,1-4H3,(H2,28,29,35)/p+1. The number of nitrogens with zero attached hydrogens (tertiary/aromatic N) is 5. The molecule has 4 rings (SSSR count). The van der Waals surface area contributed by atoms with Crippen LogP contribution in [0.1, 0.15) is 25.2 Å². The first-order valence-electron chi connectivity index (χ1n) is 12.6. The van der Waals surface area contributed by atoms with Crippen molar-refractivity contribution in [1.29, 1.82) is 0 Å². The first-order chi connectivity index (χ1) is 17.0. The van der Waals surface area contributed by atoms with Crippen molar-refractivity contribution in [3.63, 3.8) is 0 Å². The second-order valence-electron chi connectivity index (χ2n) is 9.22. The number of piperazine rings is 1. The molecule has 1 aliphatic rings. The van der Waals surface area contributed by atoms with E-state index in [2.05, 4.69) is 93.2 Å². The quantitative estimate of drug-likeness (QED) is 0.312. The summed E-state index contributed by atoms with van der Waals surface area (Å²) in [5.41, 5.74) is 3.24. The monoisotopic (exact) mass is 495 g/mol. The van der Waals surface area contributed by atoms with E-state index in [-0.39, 0.29) is 0 Å². The van der Waals surface area contributed by atoms with Crippen LogP contribution in [0.5, 0.6) is 0 Å². The number of hydrogen-bond acceptors (Lipinski definition) is 5. The summed E-state index contributed by atoms with van der Waals surface area (Å²) in [6, 6.07) is 8.51. The number of hydrogen-bond donors (Lipinski definition) is 3. The first kappa shape index (κ1) is 25.3. The van der Waals surface area contributed by atoms with E-state index in [4.69, 9.17) is 17.2 Å². The Morgan fingerprint density at radius 3 is 2.63 bits per heavy atom. The van der Waals surface area contributed by atoms with Crippen molar-refractivity contribution < 1.29 is 4.57 Å². The van der Waals surface area contributed by atoms with Gasteiger partial charge in [-0.25, -0.2) is 14.5 Å². The van der Waals surface area contributed by atoms with E-state index < -0.39 is 0 Å². The zero-order chi connectivity index (χ0) is 24.8. The summed E-state index contributed by atoms with van der Waals surface area (Å²) in [6.45, 7) is 15.4. The zero-order valence-corrected chi connectivity index (χ0v) is 22.3. The molecular formula is C26H39N8S+. The van der Waals surface area contributed by atoms with E-state index in [1.807, 2.05) is 6.20 Å². The molecule has 1 aromatic carbocycles. The van der Waals surface area contributed by atoms with E-state index in [9.17, 15) is 0 Å². The van der Waals surface area contributed by atoms with Gasteiger partial charge in [-0.15, -0.1) is 0 Å². The molecule has 1 saturated heterocycles. The third-order valence-corrected chi connectivity index (χ3v) is 7.16. The lowest BCUT2D eigenvalue weighted by Gasteiger charge is -2.34. The number of rotatable bonds is 9. The first-order valence-corrected chi connectivity index (χ1v) is 13.1. The van der Waals surface area contributed by atoms with Crippen molar-refractivity contribution in [2.45, 2.75) is 27.3 Å². The summed E-state index contributed by atoms with van der Waals surface area (Å²) >= 11 is 5.50. The van der Waals surface area contributed by atoms with E-state index in [0.29, 0.717) is 5.11 Å². The summed E-state index contributed by atoms with van der Waals surface area (Å²) in [7, 11) is 2.09. The van der Waals surface area contributed by atoms with Crippen LogP contribution in [-0.2, 0) is 13.6 Å². The minimum absolute atomic E-state index is 0.657. The highest BCUT2D eigenvalue weighted by Gasteiger charge is 2.21. The Balaban J connectivity index is 1.35. The van der Waals surface area contributed by atoms with E-state index in [1.54, 1.807) is 0 Å². The van der Waals surface area contributed by atoms with E-state index in [1.165, 1.54) is 11.4 Å². The predicted molar refractivity (Wildman–Crippen MR) is 148 cm³/mol. The molecule has 2 aromatic heterocycles. The van der Waals surface area contributed by atoms with Crippen molar-refractivity contribution in [2.24, 2.45) is 7.05 Å². The molecule has 0 aliphatic carbocycles. The number of imidazole rings is 1. The van der Waals surface area contributed by atoms with E-state index in [0.717, 1.165) is 81.3 Å². The highest BCUT2D eigenvalue weighted by Crippen LogP contribution is 2.26. The molecule has 0 spiro atoms. The molecule has 35 heavy (non-hydrogen) atoms. The molecule has 1 fully saturated rings. The van der Waals surface area contributed by atoms with Gasteiger partial charge in [0.1, 0.15) is 24.8 Å². The average Bonchev–Trinajstić information content (AvgIpc) is 3.26. The van der Waals surface area contributed by atoms with Gasteiger partial charge in [-0.1, -0.05) is 13.8 Å². The molecule has 0 bridgehead atoms. The summed E-state index contributed by atoms with van der Waals surface area (Å²) < 4.78 is 2.15. The van der Waals surface area contributed by atoms with Crippen molar-refractivity contribution in [3.8, 4) is 0 Å². The lowest BCUT2D eigenvalue weighted by Crippen LogP contribution is -2.47. The number of nitrogens with one attached hydrogen (secondary N) is 3. The molecule has 0 saturated carbocycles. The van der Waals surface area contributed by atoms with Gasteiger partial charge in [0.2, 0.25) is 0 Å². The maximum absolute atomic E-state index is 5.50. The fourth-order valence-corrected chi connectivity index (χ4v) is 4.82. The van der Waals surface area contributed by atoms with Crippen molar-refractivity contribution in [2.75, 3.05) is 62.6 Å². The van der Waals surface area contributed by atoms with Crippen LogP contribution in [0.15, 0.2) is 36.7 Å². The Hall–Kier alpha value is -2.75. The van der Waals surface area contributed by atoms with Gasteiger partial charge in [0.05, 0.1) is 12.6 Å². The average molecular weight is 496 g/mol. The molecule has 3 aromatic rings. The normalized spacial score (nSPS) is 14.6. The summed E-state index contributed by atoms with van der Waals surface area (Å²) in [5, 5.41) is 8.46. The smallest absolute Gasteiger partial charge is 0.268 e. The third-order valence-electron chi connectivity index (χ3n) is 6.91. The maximum atomic E-state index is 5.50. The fourth-order valence-electron chi connectivity index (χ4n) is 4.60. The third kappa shape index (κ3) is 6.48. The summed E-state index contributed by atoms with van der Waals surface area (Å²) in [4.78, 5) is 15.6. The largest absolute Gasteiger partial charge is 0.361 e. The Labute approximate surface area is 214 Å². The Morgan fingerprint density at radius 1 is 1.17 bits per heavy atom. The van der Waals surface area contributed by atoms with Gasteiger partial charge in [-0.3, -0.25) is 4.90 Å². The van der Waals surface area contributed by atoms with Crippen LogP contribution in [0.4, 0.5) is 11.5 Å². The second kappa shape index (κ2) is 11.8. The number of aromatic nitrogens is 3. The highest BCUT2D eigenvalue weighted by atomic mass is 32.1. The van der Waals surface area contributed by atoms with Crippen molar-refractivity contribution in [1.82, 2.24) is 25.1 Å². The fraction of sp³-hybridized carbons (Fsp3) is 0.500. The van der Waals surface area contributed by atoms with Crippen LogP contribution in [0.25, 0.3) is 10.9 Å². The van der Waals surface area contributed by atoms with Crippen LogP contribution in [-0.4, -0.2) is 77.2 Å². The number of aryl methyl sites for hydroxylation is 2. The number of anilines is 2. The van der Waals surface area contributed by atoms with Crippen LogP contribution in [0.3, 0.4) is 0 Å². The molecule has 188 valence electrons. The number of H-pyrrole nitrogens is 1. The molecule has 8 nitrogen and oxygen atoms in total. The van der Waals surface area contributed by atoms with Crippen LogP contribution in [0, 0.1) is 6.92 Å². The predicted octanol–water partition coefficient (Wildman–Crippen LogP) is 2.65. The van der Waals surface area contributed by atoms with Crippen molar-refractivity contribution >= 4 is 39.7 Å². The molecular weight excluding hydrogens is 456 g/mol. The van der Waals surface area contributed by atoms with Crippen molar-refractivity contribution in [3.05, 3.63) is 48.0 Å². The Bertz CT molecular complexity index is 1130. The summed E-state index contributed by atoms with van der Waals surface area (Å²) in [6.07, 6.45) is 4.05. The molecule has 3 N–H and O–H groups in total. The summed E-state index contributed by atoms with van der Waals surface area (Å²) in [5.74, 6) is 2.30. The van der Waals surface area contributed by atoms with Gasteiger partial charge in [-0.2, -0.15) is 0 Å². The number of thiocarbonyl (C=S) groups is 1. The lowest BCUT2D eigenvalue weighted by molar-refractivity contribution is -0.678. The maximum Gasteiger partial charge on any atom is 0.268 e. The molecule has 9 heteroatoms.